The Morgan fingerprint density at radius 1 is 0.929 bits per heavy atom. The molecule has 0 bridgehead atoms. The predicted molar refractivity (Wildman–Crippen MR) is 96.2 cm³/mol. The lowest BCUT2D eigenvalue weighted by atomic mass is 10.1. The van der Waals surface area contributed by atoms with Crippen LogP contribution in [0.1, 0.15) is 26.3 Å². The maximum atomic E-state index is 11.7. The molecular formula is C18H25NO9. The van der Waals surface area contributed by atoms with Gasteiger partial charge in [0.25, 0.3) is 0 Å². The third-order valence-corrected chi connectivity index (χ3v) is 3.34. The van der Waals surface area contributed by atoms with Crippen LogP contribution >= 0.6 is 0 Å². The Hall–Kier alpha value is -3.01. The van der Waals surface area contributed by atoms with Crippen molar-refractivity contribution in [3.63, 3.8) is 0 Å². The summed E-state index contributed by atoms with van der Waals surface area (Å²) in [5.41, 5.74) is 0.499. The molecule has 0 aliphatic rings. The topological polar surface area (TPSA) is 121 Å². The highest BCUT2D eigenvalue weighted by molar-refractivity contribution is 5.69. The molecule has 1 rings (SSSR count). The van der Waals surface area contributed by atoms with Gasteiger partial charge in [0.2, 0.25) is 0 Å². The number of amides is 1. The van der Waals surface area contributed by atoms with Crippen molar-refractivity contribution >= 4 is 18.4 Å². The van der Waals surface area contributed by atoms with Gasteiger partial charge in [-0.25, -0.2) is 14.4 Å². The zero-order valence-electron chi connectivity index (χ0n) is 16.3. The highest BCUT2D eigenvalue weighted by Crippen LogP contribution is 2.30. The number of aliphatic hydroxyl groups excluding tert-OH is 1. The smallest absolute Gasteiger partial charge is 0.450 e. The largest absolute Gasteiger partial charge is 0.513 e. The summed E-state index contributed by atoms with van der Waals surface area (Å²) < 4.78 is 24.3. The SMILES string of the molecule is CCOC(=O)Oc1ccc(CC(O)N(C)C(=O)OCC)cc1OC(=O)OCC. The molecule has 1 aromatic rings. The van der Waals surface area contributed by atoms with Gasteiger partial charge in [-0.05, 0) is 38.5 Å². The summed E-state index contributed by atoms with van der Waals surface area (Å²) >= 11 is 0. The highest BCUT2D eigenvalue weighted by atomic mass is 16.7. The first-order valence-electron chi connectivity index (χ1n) is 8.72. The third-order valence-electron chi connectivity index (χ3n) is 3.34. The number of benzene rings is 1. The summed E-state index contributed by atoms with van der Waals surface area (Å²) in [5, 5.41) is 10.2. The molecule has 10 heteroatoms. The van der Waals surface area contributed by atoms with Gasteiger partial charge >= 0.3 is 18.4 Å². The fourth-order valence-electron chi connectivity index (χ4n) is 2.01. The quantitative estimate of drug-likeness (QED) is 0.304. The maximum Gasteiger partial charge on any atom is 0.513 e. The molecule has 0 radical (unpaired) electrons. The zero-order valence-corrected chi connectivity index (χ0v) is 16.3. The van der Waals surface area contributed by atoms with E-state index in [9.17, 15) is 19.5 Å². The van der Waals surface area contributed by atoms with Gasteiger partial charge in [-0.15, -0.1) is 0 Å². The van der Waals surface area contributed by atoms with Crippen LogP contribution in [-0.4, -0.2) is 61.5 Å². The molecule has 1 N–H and O–H groups in total. The van der Waals surface area contributed by atoms with E-state index in [1.54, 1.807) is 20.8 Å². The van der Waals surface area contributed by atoms with Crippen LogP contribution in [0.3, 0.4) is 0 Å². The second-order valence-corrected chi connectivity index (χ2v) is 5.35. The lowest BCUT2D eigenvalue weighted by Crippen LogP contribution is -2.38. The zero-order chi connectivity index (χ0) is 21.1. The van der Waals surface area contributed by atoms with E-state index in [2.05, 4.69) is 0 Å². The van der Waals surface area contributed by atoms with Crippen LogP contribution in [0.15, 0.2) is 18.2 Å². The fourth-order valence-corrected chi connectivity index (χ4v) is 2.01. The second-order valence-electron chi connectivity index (χ2n) is 5.35. The molecule has 0 spiro atoms. The Morgan fingerprint density at radius 2 is 1.46 bits per heavy atom. The van der Waals surface area contributed by atoms with Gasteiger partial charge in [-0.2, -0.15) is 0 Å². The monoisotopic (exact) mass is 399 g/mol. The Kier molecular flexibility index (Phi) is 9.58. The van der Waals surface area contributed by atoms with Crippen LogP contribution in [0.25, 0.3) is 0 Å². The number of hydrogen-bond acceptors (Lipinski definition) is 9. The summed E-state index contributed by atoms with van der Waals surface area (Å²) in [6, 6.07) is 4.29. The number of hydrogen-bond donors (Lipinski definition) is 1. The van der Waals surface area contributed by atoms with Crippen molar-refractivity contribution in [2.45, 2.75) is 33.4 Å². The molecule has 0 aliphatic heterocycles. The van der Waals surface area contributed by atoms with E-state index in [4.69, 9.17) is 23.7 Å². The fraction of sp³-hybridized carbons (Fsp3) is 0.500. The van der Waals surface area contributed by atoms with Gasteiger partial charge in [-0.1, -0.05) is 6.07 Å². The molecule has 1 unspecified atom stereocenters. The first-order valence-corrected chi connectivity index (χ1v) is 8.72. The molecule has 1 aromatic carbocycles. The maximum absolute atomic E-state index is 11.7. The molecule has 0 aliphatic carbocycles. The third kappa shape index (κ3) is 7.31. The van der Waals surface area contributed by atoms with Crippen LogP contribution in [0, 0.1) is 0 Å². The number of carbonyl (C=O) groups excluding carboxylic acids is 3. The number of nitrogens with zero attached hydrogens (tertiary/aromatic N) is 1. The number of rotatable bonds is 8. The lowest BCUT2D eigenvalue weighted by Gasteiger charge is -2.23. The minimum absolute atomic E-state index is 0.00812. The Bertz CT molecular complexity index is 677. The van der Waals surface area contributed by atoms with Crippen molar-refractivity contribution < 1.29 is 43.2 Å². The van der Waals surface area contributed by atoms with E-state index in [1.165, 1.54) is 25.2 Å². The molecule has 0 saturated carbocycles. The molecular weight excluding hydrogens is 374 g/mol. The predicted octanol–water partition coefficient (Wildman–Crippen LogP) is 2.71. The highest BCUT2D eigenvalue weighted by Gasteiger charge is 2.21. The number of aliphatic hydroxyl groups is 1. The second kappa shape index (κ2) is 11.7. The Labute approximate surface area is 162 Å². The molecule has 1 atom stereocenters. The molecule has 0 heterocycles. The number of likely N-dealkylation sites (N-methyl/N-ethyl adjacent to an activating group) is 1. The van der Waals surface area contributed by atoms with Crippen molar-refractivity contribution in [1.29, 1.82) is 0 Å². The first kappa shape index (κ1) is 23.0. The van der Waals surface area contributed by atoms with Crippen LogP contribution in [0.5, 0.6) is 11.5 Å². The minimum atomic E-state index is -1.19. The van der Waals surface area contributed by atoms with Crippen LogP contribution in [-0.2, 0) is 20.6 Å². The summed E-state index contributed by atoms with van der Waals surface area (Å²) in [5.74, 6) is -0.168. The molecule has 1 amide bonds. The van der Waals surface area contributed by atoms with Gasteiger partial charge in [0.05, 0.1) is 19.8 Å². The molecule has 0 aromatic heterocycles. The van der Waals surface area contributed by atoms with Crippen molar-refractivity contribution in [2.24, 2.45) is 0 Å². The van der Waals surface area contributed by atoms with E-state index < -0.39 is 24.6 Å². The van der Waals surface area contributed by atoms with Crippen molar-refractivity contribution in [3.05, 3.63) is 23.8 Å². The summed E-state index contributed by atoms with van der Waals surface area (Å²) in [6.07, 6.45) is -3.82. The first-order chi connectivity index (χ1) is 13.3. The van der Waals surface area contributed by atoms with E-state index in [1.807, 2.05) is 0 Å². The van der Waals surface area contributed by atoms with E-state index >= 15 is 0 Å². The van der Waals surface area contributed by atoms with Gasteiger partial charge < -0.3 is 28.8 Å². The average molecular weight is 399 g/mol. The lowest BCUT2D eigenvalue weighted by molar-refractivity contribution is 0.0157. The van der Waals surface area contributed by atoms with Crippen LogP contribution < -0.4 is 9.47 Å². The standard InChI is InChI=1S/C18H25NO9/c1-5-24-16(21)19(4)15(20)11-12-8-9-13(27-17(22)25-6-2)14(10-12)28-18(23)26-7-3/h8-10,15,20H,5-7,11H2,1-4H3. The Balaban J connectivity index is 2.99. The molecule has 0 fully saturated rings. The van der Waals surface area contributed by atoms with E-state index in [-0.39, 0.29) is 37.7 Å². The van der Waals surface area contributed by atoms with E-state index in [0.717, 1.165) is 4.90 Å². The van der Waals surface area contributed by atoms with E-state index in [0.29, 0.717) is 5.56 Å². The van der Waals surface area contributed by atoms with Gasteiger partial charge in [-0.3, -0.25) is 4.90 Å². The van der Waals surface area contributed by atoms with Crippen LogP contribution in [0.4, 0.5) is 14.4 Å². The summed E-state index contributed by atoms with van der Waals surface area (Å²) in [7, 11) is 1.39. The number of carbonyl (C=O) groups is 3. The van der Waals surface area contributed by atoms with Crippen molar-refractivity contribution in [2.75, 3.05) is 26.9 Å². The van der Waals surface area contributed by atoms with Crippen molar-refractivity contribution in [3.8, 4) is 11.5 Å². The molecule has 10 nitrogen and oxygen atoms in total. The Morgan fingerprint density at radius 3 is 2.00 bits per heavy atom. The minimum Gasteiger partial charge on any atom is -0.450 e. The van der Waals surface area contributed by atoms with Gasteiger partial charge in [0.15, 0.2) is 11.5 Å². The molecule has 156 valence electrons. The summed E-state index contributed by atoms with van der Waals surface area (Å²) in [4.78, 5) is 35.9. The molecule has 0 saturated heterocycles. The van der Waals surface area contributed by atoms with Crippen LogP contribution in [0.2, 0.25) is 0 Å². The normalized spacial score (nSPS) is 11.2. The molecule has 28 heavy (non-hydrogen) atoms. The number of ether oxygens (including phenoxy) is 5. The average Bonchev–Trinajstić information content (AvgIpc) is 2.63. The summed E-state index contributed by atoms with van der Waals surface area (Å²) in [6.45, 7) is 5.25. The van der Waals surface area contributed by atoms with Gasteiger partial charge in [0.1, 0.15) is 6.23 Å². The van der Waals surface area contributed by atoms with Crippen molar-refractivity contribution in [1.82, 2.24) is 4.90 Å². The van der Waals surface area contributed by atoms with Gasteiger partial charge in [0, 0.05) is 13.5 Å².